The number of hydrogen-bond donors (Lipinski definition) is 1. The molecule has 1 aliphatic rings. The zero-order chi connectivity index (χ0) is 14.7. The number of hydrogen-bond acceptors (Lipinski definition) is 4. The van der Waals surface area contributed by atoms with Crippen LogP contribution in [-0.2, 0) is 25.3 Å². The van der Waals surface area contributed by atoms with E-state index in [-0.39, 0.29) is 0 Å². The van der Waals surface area contributed by atoms with Crippen LogP contribution in [0, 0.1) is 0 Å². The van der Waals surface area contributed by atoms with Crippen molar-refractivity contribution < 1.29 is 0 Å². The monoisotopic (exact) mass is 363 g/mol. The van der Waals surface area contributed by atoms with Crippen molar-refractivity contribution in [3.63, 3.8) is 0 Å². The van der Waals surface area contributed by atoms with E-state index in [1.165, 1.54) is 21.8 Å². The number of nitrogens with one attached hydrogen (secondary N) is 1. The highest BCUT2D eigenvalue weighted by molar-refractivity contribution is 9.10. The summed E-state index contributed by atoms with van der Waals surface area (Å²) in [6.45, 7) is 4.00. The van der Waals surface area contributed by atoms with Gasteiger partial charge in [-0.1, -0.05) is 25.5 Å². The molecular formula is C16H18BrN3S. The van der Waals surface area contributed by atoms with Gasteiger partial charge >= 0.3 is 0 Å². The maximum absolute atomic E-state index is 4.79. The molecule has 0 saturated heterocycles. The van der Waals surface area contributed by atoms with Gasteiger partial charge in [-0.2, -0.15) is 0 Å². The van der Waals surface area contributed by atoms with E-state index in [9.17, 15) is 0 Å². The summed E-state index contributed by atoms with van der Waals surface area (Å²) >= 11 is 5.37. The summed E-state index contributed by atoms with van der Waals surface area (Å²) in [6.07, 6.45) is 2.17. The van der Waals surface area contributed by atoms with E-state index in [0.717, 1.165) is 42.0 Å². The number of benzene rings is 1. The van der Waals surface area contributed by atoms with Crippen molar-refractivity contribution in [2.45, 2.75) is 43.5 Å². The highest BCUT2D eigenvalue weighted by Gasteiger charge is 2.18. The van der Waals surface area contributed by atoms with Gasteiger partial charge in [-0.25, -0.2) is 9.97 Å². The highest BCUT2D eigenvalue weighted by Crippen LogP contribution is 2.29. The molecule has 0 amide bonds. The molecule has 1 N–H and O–H groups in total. The molecule has 0 saturated carbocycles. The van der Waals surface area contributed by atoms with Crippen LogP contribution in [0.25, 0.3) is 0 Å². The van der Waals surface area contributed by atoms with E-state index < -0.39 is 0 Å². The number of nitrogens with zero attached hydrogens (tertiary/aromatic N) is 2. The fourth-order valence-corrected chi connectivity index (χ4v) is 3.93. The Balaban J connectivity index is 1.80. The minimum absolute atomic E-state index is 0.812. The van der Waals surface area contributed by atoms with Crippen molar-refractivity contribution in [2.24, 2.45) is 0 Å². The second-order valence-corrected chi connectivity index (χ2v) is 6.96. The Hall–Kier alpha value is -0.910. The SMILES string of the molecule is CCCc1nc(CSc2ccccc2Br)nc2c1CNC2. The second-order valence-electron chi connectivity index (χ2n) is 5.08. The number of thioether (sulfide) groups is 1. The topological polar surface area (TPSA) is 37.8 Å². The van der Waals surface area contributed by atoms with Gasteiger partial charge in [-0.05, 0) is 34.5 Å². The normalized spacial score (nSPS) is 13.4. The van der Waals surface area contributed by atoms with Gasteiger partial charge in [-0.15, -0.1) is 11.8 Å². The first-order chi connectivity index (χ1) is 10.3. The third-order valence-electron chi connectivity index (χ3n) is 3.50. The molecule has 3 nitrogen and oxygen atoms in total. The fraction of sp³-hybridized carbons (Fsp3) is 0.375. The fourth-order valence-electron chi connectivity index (χ4n) is 2.51. The molecule has 5 heteroatoms. The molecule has 2 heterocycles. The number of aromatic nitrogens is 2. The molecule has 2 aromatic rings. The van der Waals surface area contributed by atoms with E-state index in [4.69, 9.17) is 9.97 Å². The van der Waals surface area contributed by atoms with Gasteiger partial charge in [0.15, 0.2) is 0 Å². The third-order valence-corrected chi connectivity index (χ3v) is 5.52. The molecule has 3 rings (SSSR count). The third kappa shape index (κ3) is 3.47. The van der Waals surface area contributed by atoms with Crippen LogP contribution < -0.4 is 5.32 Å². The van der Waals surface area contributed by atoms with Crippen LogP contribution in [0.3, 0.4) is 0 Å². The summed E-state index contributed by atoms with van der Waals surface area (Å²) in [6, 6.07) is 8.28. The lowest BCUT2D eigenvalue weighted by molar-refractivity contribution is 0.753. The summed E-state index contributed by atoms with van der Waals surface area (Å²) in [5, 5.41) is 3.38. The molecule has 21 heavy (non-hydrogen) atoms. The van der Waals surface area contributed by atoms with Gasteiger partial charge < -0.3 is 5.32 Å². The summed E-state index contributed by atoms with van der Waals surface area (Å²) in [5.41, 5.74) is 3.75. The average Bonchev–Trinajstić information content (AvgIpc) is 2.95. The minimum Gasteiger partial charge on any atom is -0.307 e. The van der Waals surface area contributed by atoms with Crippen LogP contribution in [-0.4, -0.2) is 9.97 Å². The molecule has 0 radical (unpaired) electrons. The summed E-state index contributed by atoms with van der Waals surface area (Å²) in [5.74, 6) is 1.76. The first kappa shape index (κ1) is 15.0. The minimum atomic E-state index is 0.812. The molecule has 0 aliphatic carbocycles. The van der Waals surface area contributed by atoms with Crippen molar-refractivity contribution in [3.05, 3.63) is 51.5 Å². The Labute approximate surface area is 138 Å². The summed E-state index contributed by atoms with van der Waals surface area (Å²) in [4.78, 5) is 10.8. The Morgan fingerprint density at radius 1 is 1.24 bits per heavy atom. The van der Waals surface area contributed by atoms with E-state index in [1.54, 1.807) is 11.8 Å². The van der Waals surface area contributed by atoms with Crippen LogP contribution in [0.15, 0.2) is 33.6 Å². The van der Waals surface area contributed by atoms with Crippen molar-refractivity contribution in [3.8, 4) is 0 Å². The molecule has 0 spiro atoms. The zero-order valence-corrected chi connectivity index (χ0v) is 14.4. The molecule has 110 valence electrons. The predicted octanol–water partition coefficient (Wildman–Crippen LogP) is 4.09. The lowest BCUT2D eigenvalue weighted by atomic mass is 10.1. The average molecular weight is 364 g/mol. The molecule has 0 unspecified atom stereocenters. The van der Waals surface area contributed by atoms with Gasteiger partial charge in [-0.3, -0.25) is 0 Å². The van der Waals surface area contributed by atoms with Gasteiger partial charge in [0.1, 0.15) is 5.82 Å². The van der Waals surface area contributed by atoms with E-state index in [0.29, 0.717) is 0 Å². The van der Waals surface area contributed by atoms with Gasteiger partial charge in [0.05, 0.1) is 11.4 Å². The number of rotatable bonds is 5. The van der Waals surface area contributed by atoms with Crippen LogP contribution in [0.1, 0.15) is 36.1 Å². The standard InChI is InChI=1S/C16H18BrN3S/c1-2-5-13-11-8-18-9-14(11)20-16(19-13)10-21-15-7-4-3-6-12(15)17/h3-4,6-7,18H,2,5,8-10H2,1H3. The number of fused-ring (bicyclic) bond motifs is 1. The second kappa shape index (κ2) is 6.90. The van der Waals surface area contributed by atoms with Gasteiger partial charge in [0.2, 0.25) is 0 Å². The summed E-state index contributed by atoms with van der Waals surface area (Å²) in [7, 11) is 0. The molecule has 0 fully saturated rings. The van der Waals surface area contributed by atoms with E-state index in [2.05, 4.69) is 46.4 Å². The quantitative estimate of drug-likeness (QED) is 0.811. The van der Waals surface area contributed by atoms with Crippen molar-refractivity contribution in [1.82, 2.24) is 15.3 Å². The highest BCUT2D eigenvalue weighted by atomic mass is 79.9. The Morgan fingerprint density at radius 2 is 2.10 bits per heavy atom. The largest absolute Gasteiger partial charge is 0.307 e. The van der Waals surface area contributed by atoms with Crippen LogP contribution in [0.5, 0.6) is 0 Å². The first-order valence-corrected chi connectivity index (χ1v) is 9.01. The Kier molecular flexibility index (Phi) is 4.93. The molecule has 0 atom stereocenters. The van der Waals surface area contributed by atoms with Crippen molar-refractivity contribution >= 4 is 27.7 Å². The summed E-state index contributed by atoms with van der Waals surface area (Å²) < 4.78 is 1.13. The number of aryl methyl sites for hydroxylation is 1. The lowest BCUT2D eigenvalue weighted by Gasteiger charge is -2.09. The maximum atomic E-state index is 4.79. The van der Waals surface area contributed by atoms with Crippen LogP contribution in [0.4, 0.5) is 0 Å². The predicted molar refractivity (Wildman–Crippen MR) is 90.3 cm³/mol. The van der Waals surface area contributed by atoms with E-state index >= 15 is 0 Å². The van der Waals surface area contributed by atoms with Gasteiger partial charge in [0.25, 0.3) is 0 Å². The smallest absolute Gasteiger partial charge is 0.139 e. The Morgan fingerprint density at radius 3 is 2.90 bits per heavy atom. The van der Waals surface area contributed by atoms with Crippen molar-refractivity contribution in [1.29, 1.82) is 0 Å². The number of halogens is 1. The maximum Gasteiger partial charge on any atom is 0.139 e. The Bertz CT molecular complexity index is 645. The van der Waals surface area contributed by atoms with Crippen LogP contribution >= 0.6 is 27.7 Å². The molecule has 1 aromatic heterocycles. The lowest BCUT2D eigenvalue weighted by Crippen LogP contribution is -2.05. The molecule has 1 aromatic carbocycles. The zero-order valence-electron chi connectivity index (χ0n) is 12.0. The van der Waals surface area contributed by atoms with Crippen LogP contribution in [0.2, 0.25) is 0 Å². The van der Waals surface area contributed by atoms with Gasteiger partial charge in [0, 0.05) is 33.7 Å². The first-order valence-electron chi connectivity index (χ1n) is 7.23. The van der Waals surface area contributed by atoms with Crippen molar-refractivity contribution in [2.75, 3.05) is 0 Å². The molecule has 1 aliphatic heterocycles. The molecule has 0 bridgehead atoms. The van der Waals surface area contributed by atoms with E-state index in [1.807, 2.05) is 6.07 Å². The molecular weight excluding hydrogens is 346 g/mol.